The standard InChI is InChI=1S/C29H35ClFN7O3S/c1-29(2)40-16-20(41-29)17-42-28-26(14-25(35-36-28)21-12-18(30)4-5-23(21)31)34-19-6-7-33-24(13-19)22(27(32)39)15-38-10-8-37(3)9-11-38/h4-7,12-14,20,22H,8-11,15-17H2,1-3H3,(H2,32,39)(H,33,34,35). The number of carbonyl (C=O) groups is 1. The first-order chi connectivity index (χ1) is 20.1. The number of rotatable bonds is 10. The van der Waals surface area contributed by atoms with Gasteiger partial charge in [0.15, 0.2) is 5.79 Å². The summed E-state index contributed by atoms with van der Waals surface area (Å²) in [6.45, 7) is 8.30. The zero-order valence-electron chi connectivity index (χ0n) is 23.8. The topological polar surface area (TPSA) is 119 Å². The average Bonchev–Trinajstić information content (AvgIpc) is 3.31. The van der Waals surface area contributed by atoms with Crippen LogP contribution >= 0.6 is 23.4 Å². The number of benzene rings is 1. The molecule has 2 unspecified atom stereocenters. The Balaban J connectivity index is 1.41. The molecule has 42 heavy (non-hydrogen) atoms. The molecule has 0 spiro atoms. The van der Waals surface area contributed by atoms with Gasteiger partial charge in [0.05, 0.1) is 35.7 Å². The van der Waals surface area contributed by atoms with Gasteiger partial charge in [-0.25, -0.2) is 4.39 Å². The van der Waals surface area contributed by atoms with Crippen LogP contribution in [-0.4, -0.2) is 94.9 Å². The molecule has 2 atom stereocenters. The average molecular weight is 616 g/mol. The van der Waals surface area contributed by atoms with Crippen LogP contribution in [0.15, 0.2) is 47.6 Å². The fourth-order valence-corrected chi connectivity index (χ4v) is 5.95. The van der Waals surface area contributed by atoms with Gasteiger partial charge in [-0.05, 0) is 57.3 Å². The molecular formula is C29H35ClFN7O3S. The molecule has 13 heteroatoms. The third-order valence-electron chi connectivity index (χ3n) is 7.23. The molecule has 3 N–H and O–H groups in total. The first-order valence-corrected chi connectivity index (χ1v) is 15.1. The van der Waals surface area contributed by atoms with Crippen LogP contribution in [0.1, 0.15) is 25.5 Å². The van der Waals surface area contributed by atoms with Crippen molar-refractivity contribution in [3.05, 3.63) is 59.1 Å². The summed E-state index contributed by atoms with van der Waals surface area (Å²) in [5.41, 5.74) is 8.26. The Morgan fingerprint density at radius 1 is 1.21 bits per heavy atom. The second-order valence-corrected chi connectivity index (χ2v) is 12.4. The number of hydrogen-bond acceptors (Lipinski definition) is 10. The Hall–Kier alpha value is -2.87. The number of nitrogens with one attached hydrogen (secondary N) is 1. The molecule has 2 aromatic heterocycles. The number of ether oxygens (including phenoxy) is 2. The van der Waals surface area contributed by atoms with Crippen molar-refractivity contribution in [2.24, 2.45) is 5.73 Å². The number of halogens is 2. The fourth-order valence-electron chi connectivity index (χ4n) is 4.91. The van der Waals surface area contributed by atoms with E-state index in [2.05, 4.69) is 37.3 Å². The molecule has 224 valence electrons. The summed E-state index contributed by atoms with van der Waals surface area (Å²) < 4.78 is 26.4. The Bertz CT molecular complexity index is 1420. The molecule has 3 aromatic rings. The summed E-state index contributed by atoms with van der Waals surface area (Å²) in [4.78, 5) is 21.5. The maximum atomic E-state index is 14.7. The molecule has 5 rings (SSSR count). The number of anilines is 2. The molecule has 2 fully saturated rings. The molecule has 0 aliphatic carbocycles. The molecule has 0 radical (unpaired) electrons. The highest BCUT2D eigenvalue weighted by atomic mass is 35.5. The van der Waals surface area contributed by atoms with Crippen molar-refractivity contribution in [3.63, 3.8) is 0 Å². The largest absolute Gasteiger partial charge is 0.369 e. The van der Waals surface area contributed by atoms with Crippen LogP contribution in [0.5, 0.6) is 0 Å². The minimum Gasteiger partial charge on any atom is -0.369 e. The second-order valence-electron chi connectivity index (χ2n) is 11.0. The summed E-state index contributed by atoms with van der Waals surface area (Å²) in [6.07, 6.45) is 1.52. The highest BCUT2D eigenvalue weighted by molar-refractivity contribution is 7.99. The molecular weight excluding hydrogens is 581 g/mol. The number of piperazine rings is 1. The Labute approximate surface area is 254 Å². The van der Waals surface area contributed by atoms with Crippen LogP contribution in [-0.2, 0) is 14.3 Å². The maximum Gasteiger partial charge on any atom is 0.227 e. The highest BCUT2D eigenvalue weighted by Crippen LogP contribution is 2.35. The number of hydrogen-bond donors (Lipinski definition) is 2. The Kier molecular flexibility index (Phi) is 9.60. The van der Waals surface area contributed by atoms with Crippen LogP contribution in [0.4, 0.5) is 15.8 Å². The van der Waals surface area contributed by atoms with Crippen LogP contribution in [0, 0.1) is 5.82 Å². The van der Waals surface area contributed by atoms with Crippen LogP contribution in [0.2, 0.25) is 5.02 Å². The van der Waals surface area contributed by atoms with Gasteiger partial charge in [-0.2, -0.15) is 0 Å². The van der Waals surface area contributed by atoms with Gasteiger partial charge in [0, 0.05) is 60.9 Å². The van der Waals surface area contributed by atoms with E-state index in [9.17, 15) is 9.18 Å². The lowest BCUT2D eigenvalue weighted by molar-refractivity contribution is -0.135. The predicted molar refractivity (Wildman–Crippen MR) is 161 cm³/mol. The molecule has 0 saturated carbocycles. The lowest BCUT2D eigenvalue weighted by Crippen LogP contribution is -2.47. The van der Waals surface area contributed by atoms with Gasteiger partial charge in [0.2, 0.25) is 5.91 Å². The molecule has 2 aliphatic rings. The summed E-state index contributed by atoms with van der Waals surface area (Å²) in [5, 5.41) is 13.1. The van der Waals surface area contributed by atoms with Crippen molar-refractivity contribution in [1.29, 1.82) is 0 Å². The monoisotopic (exact) mass is 615 g/mol. The summed E-state index contributed by atoms with van der Waals surface area (Å²) in [6, 6.07) is 9.64. The molecule has 4 heterocycles. The Morgan fingerprint density at radius 3 is 2.71 bits per heavy atom. The van der Waals surface area contributed by atoms with Crippen molar-refractivity contribution in [3.8, 4) is 11.3 Å². The number of carbonyl (C=O) groups excluding carboxylic acids is 1. The van der Waals surface area contributed by atoms with E-state index < -0.39 is 23.4 Å². The molecule has 10 nitrogen and oxygen atoms in total. The number of thioether (sulfide) groups is 1. The molecule has 0 bridgehead atoms. The van der Waals surface area contributed by atoms with E-state index in [-0.39, 0.29) is 11.7 Å². The first kappa shape index (κ1) is 30.6. The van der Waals surface area contributed by atoms with Crippen LogP contribution < -0.4 is 11.1 Å². The van der Waals surface area contributed by atoms with Gasteiger partial charge in [-0.1, -0.05) is 23.4 Å². The van der Waals surface area contributed by atoms with Gasteiger partial charge < -0.3 is 25.4 Å². The molecule has 1 aromatic carbocycles. The van der Waals surface area contributed by atoms with Crippen molar-refractivity contribution in [2.45, 2.75) is 36.7 Å². The first-order valence-electron chi connectivity index (χ1n) is 13.8. The van der Waals surface area contributed by atoms with Gasteiger partial charge in [-0.15, -0.1) is 10.2 Å². The van der Waals surface area contributed by atoms with E-state index in [1.165, 1.54) is 30.0 Å². The Morgan fingerprint density at radius 2 is 2.00 bits per heavy atom. The molecule has 2 saturated heterocycles. The van der Waals surface area contributed by atoms with Gasteiger partial charge in [0.25, 0.3) is 0 Å². The van der Waals surface area contributed by atoms with Crippen molar-refractivity contribution >= 4 is 40.6 Å². The number of likely N-dealkylation sites (N-methyl/N-ethyl adjacent to an activating group) is 1. The van der Waals surface area contributed by atoms with Crippen molar-refractivity contribution < 1.29 is 18.7 Å². The second kappa shape index (κ2) is 13.2. The number of amides is 1. The SMILES string of the molecule is CN1CCN(CC(C(N)=O)c2cc(Nc3cc(-c4cc(Cl)ccc4F)nnc3SCC3COC(C)(C)O3)ccn2)CC1. The maximum absolute atomic E-state index is 14.7. The summed E-state index contributed by atoms with van der Waals surface area (Å²) >= 11 is 7.60. The number of primary amides is 1. The third kappa shape index (κ3) is 7.74. The van der Waals surface area contributed by atoms with E-state index in [1.54, 1.807) is 18.3 Å². The fraction of sp³-hybridized carbons (Fsp3) is 0.448. The number of nitrogens with two attached hydrogens (primary N) is 1. The highest BCUT2D eigenvalue weighted by Gasteiger charge is 2.33. The zero-order chi connectivity index (χ0) is 29.9. The van der Waals surface area contributed by atoms with Gasteiger partial charge >= 0.3 is 0 Å². The third-order valence-corrected chi connectivity index (χ3v) is 8.58. The molecule has 2 aliphatic heterocycles. The lowest BCUT2D eigenvalue weighted by Gasteiger charge is -2.33. The van der Waals surface area contributed by atoms with Crippen molar-refractivity contribution in [2.75, 3.05) is 57.4 Å². The van der Waals surface area contributed by atoms with E-state index in [0.29, 0.717) is 51.7 Å². The quantitative estimate of drug-likeness (QED) is 0.322. The minimum atomic E-state index is -0.638. The van der Waals surface area contributed by atoms with E-state index in [4.69, 9.17) is 26.8 Å². The lowest BCUT2D eigenvalue weighted by atomic mass is 10.0. The van der Waals surface area contributed by atoms with E-state index in [0.717, 1.165) is 26.2 Å². The number of pyridine rings is 1. The van der Waals surface area contributed by atoms with Crippen LogP contribution in [0.3, 0.4) is 0 Å². The van der Waals surface area contributed by atoms with Gasteiger partial charge in [-0.3, -0.25) is 14.7 Å². The van der Waals surface area contributed by atoms with Gasteiger partial charge in [0.1, 0.15) is 10.8 Å². The number of aromatic nitrogens is 3. The van der Waals surface area contributed by atoms with Crippen molar-refractivity contribution in [1.82, 2.24) is 25.0 Å². The number of nitrogens with zero attached hydrogens (tertiary/aromatic N) is 5. The smallest absolute Gasteiger partial charge is 0.227 e. The van der Waals surface area contributed by atoms with E-state index >= 15 is 0 Å². The van der Waals surface area contributed by atoms with Crippen LogP contribution in [0.25, 0.3) is 11.3 Å². The normalized spacial score (nSPS) is 20.0. The summed E-state index contributed by atoms with van der Waals surface area (Å²) in [5.74, 6) is -1.52. The zero-order valence-corrected chi connectivity index (χ0v) is 25.4. The predicted octanol–water partition coefficient (Wildman–Crippen LogP) is 4.13. The van der Waals surface area contributed by atoms with E-state index in [1.807, 2.05) is 19.9 Å². The minimum absolute atomic E-state index is 0.122. The molecule has 1 amide bonds. The summed E-state index contributed by atoms with van der Waals surface area (Å²) in [7, 11) is 2.08.